The first-order chi connectivity index (χ1) is 17.3. The summed E-state index contributed by atoms with van der Waals surface area (Å²) in [5.74, 6) is 1.61. The van der Waals surface area contributed by atoms with Crippen LogP contribution >= 0.6 is 12.3 Å². The molecule has 0 radical (unpaired) electrons. The molecule has 8 aromatic carbocycles. The minimum Gasteiger partial charge on any atom is -0.391 e. The van der Waals surface area contributed by atoms with Crippen LogP contribution in [0.3, 0.4) is 0 Å². The zero-order valence-electron chi connectivity index (χ0n) is 18.6. The first-order valence-corrected chi connectivity index (χ1v) is 12.4. The molecule has 0 spiro atoms. The molecular formula is C32H18O2S. The monoisotopic (exact) mass is 466 g/mol. The Bertz CT molecular complexity index is 1860. The quantitative estimate of drug-likeness (QED) is 0.190. The largest absolute Gasteiger partial charge is 0.391 e. The highest BCUT2D eigenvalue weighted by atomic mass is 32.2. The van der Waals surface area contributed by atoms with E-state index in [9.17, 15) is 0 Å². The molecule has 0 saturated carbocycles. The molecule has 0 fully saturated rings. The van der Waals surface area contributed by atoms with Crippen LogP contribution in [0, 0.1) is 0 Å². The van der Waals surface area contributed by atoms with E-state index >= 15 is 0 Å². The van der Waals surface area contributed by atoms with Gasteiger partial charge in [-0.3, -0.25) is 0 Å². The molecule has 3 heteroatoms. The Labute approximate surface area is 205 Å². The molecule has 35 heavy (non-hydrogen) atoms. The fourth-order valence-electron chi connectivity index (χ4n) is 5.65. The standard InChI is InChI=1S/C32H18O2S/c1-3-19-7-9-23-13-17-27(25-15-11-21(5-1)29(19)31(23)25)33-35-34-28-18-14-24-10-8-20-4-2-6-22-12-16-26(28)32(24)30(20)22/h1-18H. The van der Waals surface area contributed by atoms with Crippen molar-refractivity contribution >= 4 is 77.0 Å². The normalized spacial score (nSPS) is 12.1. The molecule has 0 aliphatic rings. The third-order valence-electron chi connectivity index (χ3n) is 7.22. The third-order valence-corrected chi connectivity index (χ3v) is 7.72. The van der Waals surface area contributed by atoms with E-state index in [-0.39, 0.29) is 0 Å². The summed E-state index contributed by atoms with van der Waals surface area (Å²) in [6, 6.07) is 38.6. The van der Waals surface area contributed by atoms with Gasteiger partial charge in [-0.2, -0.15) is 0 Å². The van der Waals surface area contributed by atoms with Crippen LogP contribution in [0.2, 0.25) is 0 Å². The van der Waals surface area contributed by atoms with Crippen LogP contribution in [0.4, 0.5) is 0 Å². The third kappa shape index (κ3) is 2.73. The Hall–Kier alpha value is -4.21. The summed E-state index contributed by atoms with van der Waals surface area (Å²) in [5, 5.41) is 14.6. The van der Waals surface area contributed by atoms with Gasteiger partial charge in [0, 0.05) is 21.5 Å². The van der Waals surface area contributed by atoms with Crippen LogP contribution in [0.15, 0.2) is 109 Å². The SMILES string of the molecule is c1cc2ccc3ccc(OSOc4ccc5ccc6cccc7ccc4c5c67)c4ccc(c1)c2c34. The predicted molar refractivity (Wildman–Crippen MR) is 149 cm³/mol. The van der Waals surface area contributed by atoms with Crippen molar-refractivity contribution in [1.82, 2.24) is 0 Å². The van der Waals surface area contributed by atoms with Gasteiger partial charge in [-0.05, 0) is 67.4 Å². The minimum atomic E-state index is 0.804. The summed E-state index contributed by atoms with van der Waals surface area (Å²) in [4.78, 5) is 0. The molecule has 0 unspecified atom stereocenters. The Morgan fingerprint density at radius 3 is 1.11 bits per heavy atom. The van der Waals surface area contributed by atoms with Crippen molar-refractivity contribution in [2.75, 3.05) is 0 Å². The van der Waals surface area contributed by atoms with Gasteiger partial charge in [0.2, 0.25) is 0 Å². The number of rotatable bonds is 4. The fraction of sp³-hybridized carbons (Fsp3) is 0. The van der Waals surface area contributed by atoms with E-state index in [0.717, 1.165) is 34.6 Å². The number of hydrogen-bond donors (Lipinski definition) is 0. The van der Waals surface area contributed by atoms with Gasteiger partial charge in [0.1, 0.15) is 11.5 Å². The maximum absolute atomic E-state index is 6.15. The first kappa shape index (κ1) is 19.1. The lowest BCUT2D eigenvalue weighted by Crippen LogP contribution is -1.92. The molecule has 0 atom stereocenters. The van der Waals surface area contributed by atoms with Crippen molar-refractivity contribution in [3.8, 4) is 11.5 Å². The molecule has 2 nitrogen and oxygen atoms in total. The van der Waals surface area contributed by atoms with E-state index in [1.54, 1.807) is 0 Å². The van der Waals surface area contributed by atoms with Gasteiger partial charge in [0.15, 0.2) is 0 Å². The van der Waals surface area contributed by atoms with Crippen molar-refractivity contribution in [3.63, 3.8) is 0 Å². The smallest absolute Gasteiger partial charge is 0.293 e. The summed E-state index contributed by atoms with van der Waals surface area (Å²) in [5.41, 5.74) is 0. The molecule has 0 N–H and O–H groups in total. The summed E-state index contributed by atoms with van der Waals surface area (Å²) in [7, 11) is 0. The van der Waals surface area contributed by atoms with E-state index in [2.05, 4.69) is 97.1 Å². The lowest BCUT2D eigenvalue weighted by Gasteiger charge is -2.15. The van der Waals surface area contributed by atoms with Crippen molar-refractivity contribution in [3.05, 3.63) is 109 Å². The highest BCUT2D eigenvalue weighted by molar-refractivity contribution is 7.90. The van der Waals surface area contributed by atoms with Crippen LogP contribution in [0.1, 0.15) is 0 Å². The summed E-state index contributed by atoms with van der Waals surface area (Å²) in [6.07, 6.45) is 0. The van der Waals surface area contributed by atoms with E-state index in [1.165, 1.54) is 53.9 Å². The molecule has 164 valence electrons. The molecule has 0 aromatic heterocycles. The molecule has 8 rings (SSSR count). The Kier molecular flexibility index (Phi) is 3.91. The van der Waals surface area contributed by atoms with Crippen molar-refractivity contribution in [2.24, 2.45) is 0 Å². The van der Waals surface area contributed by atoms with Crippen LogP contribution < -0.4 is 8.37 Å². The minimum absolute atomic E-state index is 0.804. The first-order valence-electron chi connectivity index (χ1n) is 11.7. The maximum atomic E-state index is 6.15. The summed E-state index contributed by atoms with van der Waals surface area (Å²) >= 11 is 1.02. The summed E-state index contributed by atoms with van der Waals surface area (Å²) < 4.78 is 12.3. The summed E-state index contributed by atoms with van der Waals surface area (Å²) in [6.45, 7) is 0. The van der Waals surface area contributed by atoms with Gasteiger partial charge in [0.05, 0.1) is 0 Å². The zero-order valence-corrected chi connectivity index (χ0v) is 19.4. The molecule has 0 aliphatic heterocycles. The molecule has 0 bridgehead atoms. The van der Waals surface area contributed by atoms with E-state index < -0.39 is 0 Å². The lowest BCUT2D eigenvalue weighted by molar-refractivity contribution is 0.547. The van der Waals surface area contributed by atoms with Gasteiger partial charge in [0.25, 0.3) is 12.3 Å². The highest BCUT2D eigenvalue weighted by Crippen LogP contribution is 2.41. The Morgan fingerprint density at radius 2 is 0.686 bits per heavy atom. The second-order valence-electron chi connectivity index (χ2n) is 9.07. The van der Waals surface area contributed by atoms with Crippen LogP contribution in [-0.4, -0.2) is 0 Å². The van der Waals surface area contributed by atoms with Gasteiger partial charge < -0.3 is 8.37 Å². The zero-order chi connectivity index (χ0) is 22.9. The number of benzene rings is 8. The van der Waals surface area contributed by atoms with Crippen LogP contribution in [0.25, 0.3) is 64.6 Å². The number of hydrogen-bond acceptors (Lipinski definition) is 3. The average molecular weight is 467 g/mol. The fourth-order valence-corrected chi connectivity index (χ4v) is 6.12. The van der Waals surface area contributed by atoms with Crippen molar-refractivity contribution in [1.29, 1.82) is 0 Å². The predicted octanol–water partition coefficient (Wildman–Crippen LogP) is 9.50. The van der Waals surface area contributed by atoms with Gasteiger partial charge in [-0.15, -0.1) is 0 Å². The van der Waals surface area contributed by atoms with E-state index in [4.69, 9.17) is 8.37 Å². The van der Waals surface area contributed by atoms with Crippen LogP contribution in [-0.2, 0) is 0 Å². The van der Waals surface area contributed by atoms with Crippen molar-refractivity contribution < 1.29 is 8.37 Å². The van der Waals surface area contributed by atoms with E-state index in [1.807, 2.05) is 12.1 Å². The topological polar surface area (TPSA) is 18.5 Å². The molecule has 0 amide bonds. The maximum Gasteiger partial charge on any atom is 0.293 e. The van der Waals surface area contributed by atoms with E-state index in [0.29, 0.717) is 0 Å². The Morgan fingerprint density at radius 1 is 0.343 bits per heavy atom. The average Bonchev–Trinajstić information content (AvgIpc) is 2.91. The van der Waals surface area contributed by atoms with Gasteiger partial charge >= 0.3 is 0 Å². The Balaban J connectivity index is 1.19. The molecule has 0 saturated heterocycles. The van der Waals surface area contributed by atoms with Gasteiger partial charge in [-0.25, -0.2) is 0 Å². The molecule has 0 aliphatic carbocycles. The second-order valence-corrected chi connectivity index (χ2v) is 9.54. The molecular weight excluding hydrogens is 448 g/mol. The lowest BCUT2D eigenvalue weighted by atomic mass is 9.94. The molecule has 0 heterocycles. The van der Waals surface area contributed by atoms with Crippen molar-refractivity contribution in [2.45, 2.75) is 0 Å². The van der Waals surface area contributed by atoms with Crippen LogP contribution in [0.5, 0.6) is 11.5 Å². The van der Waals surface area contributed by atoms with Gasteiger partial charge in [-0.1, -0.05) is 84.9 Å². The highest BCUT2D eigenvalue weighted by Gasteiger charge is 2.14. The molecule has 8 aromatic rings. The second kappa shape index (κ2) is 7.14.